The van der Waals surface area contributed by atoms with E-state index in [1.165, 1.54) is 18.6 Å². The highest BCUT2D eigenvalue weighted by atomic mass is 16.1. The van der Waals surface area contributed by atoms with Crippen LogP contribution in [0.2, 0.25) is 0 Å². The van der Waals surface area contributed by atoms with Crippen LogP contribution in [0.4, 0.5) is 0 Å². The Morgan fingerprint density at radius 2 is 2.47 bits per heavy atom. The number of hydrogen-bond acceptors (Lipinski definition) is 3. The summed E-state index contributed by atoms with van der Waals surface area (Å²) in [7, 11) is 0. The van der Waals surface area contributed by atoms with Gasteiger partial charge in [0.2, 0.25) is 0 Å². The van der Waals surface area contributed by atoms with E-state index in [4.69, 9.17) is 6.42 Å². The third kappa shape index (κ3) is 3.39. The number of terminal acetylenes is 1. The Bertz CT molecular complexity index is 356. The van der Waals surface area contributed by atoms with Crippen molar-refractivity contribution in [1.29, 1.82) is 0 Å². The van der Waals surface area contributed by atoms with Crippen molar-refractivity contribution < 1.29 is 4.79 Å². The topological polar surface area (TPSA) is 54.9 Å². The van der Waals surface area contributed by atoms with Gasteiger partial charge in [-0.05, 0) is 6.42 Å². The molecule has 0 saturated heterocycles. The number of aromatic nitrogens is 2. The second-order valence-electron chi connectivity index (χ2n) is 3.08. The predicted octanol–water partition coefficient (Wildman–Crippen LogP) is 1.01. The average Bonchev–Trinajstić information content (AvgIpc) is 2.29. The molecule has 15 heavy (non-hydrogen) atoms. The molecule has 0 saturated carbocycles. The Balaban J connectivity index is 2.59. The molecule has 1 unspecified atom stereocenters. The van der Waals surface area contributed by atoms with E-state index in [0.717, 1.165) is 6.42 Å². The van der Waals surface area contributed by atoms with Crippen LogP contribution in [0.15, 0.2) is 18.6 Å². The van der Waals surface area contributed by atoms with Crippen molar-refractivity contribution in [2.45, 2.75) is 25.8 Å². The quantitative estimate of drug-likeness (QED) is 0.743. The van der Waals surface area contributed by atoms with Gasteiger partial charge in [-0.2, -0.15) is 0 Å². The molecule has 0 bridgehead atoms. The van der Waals surface area contributed by atoms with Crippen LogP contribution in [0.25, 0.3) is 0 Å². The highest BCUT2D eigenvalue weighted by Gasteiger charge is 2.11. The molecule has 1 N–H and O–H groups in total. The molecular formula is C11H13N3O. The second kappa shape index (κ2) is 5.76. The summed E-state index contributed by atoms with van der Waals surface area (Å²) in [6, 6.07) is 0.00417. The van der Waals surface area contributed by atoms with Gasteiger partial charge in [-0.3, -0.25) is 9.78 Å². The van der Waals surface area contributed by atoms with E-state index in [-0.39, 0.29) is 11.9 Å². The zero-order chi connectivity index (χ0) is 11.1. The number of amides is 1. The van der Waals surface area contributed by atoms with E-state index in [2.05, 4.69) is 21.2 Å². The van der Waals surface area contributed by atoms with Gasteiger partial charge in [-0.1, -0.05) is 6.92 Å². The summed E-state index contributed by atoms with van der Waals surface area (Å²) in [5, 5.41) is 2.80. The van der Waals surface area contributed by atoms with Crippen molar-refractivity contribution in [2.75, 3.05) is 0 Å². The predicted molar refractivity (Wildman–Crippen MR) is 57.0 cm³/mol. The van der Waals surface area contributed by atoms with Gasteiger partial charge in [0.25, 0.3) is 5.91 Å². The van der Waals surface area contributed by atoms with Gasteiger partial charge in [-0.15, -0.1) is 12.3 Å². The molecule has 1 aromatic rings. The summed E-state index contributed by atoms with van der Waals surface area (Å²) in [6.07, 6.45) is 11.0. The molecule has 1 atom stereocenters. The number of carbonyl (C=O) groups is 1. The van der Waals surface area contributed by atoms with Crippen molar-refractivity contribution in [3.8, 4) is 12.3 Å². The highest BCUT2D eigenvalue weighted by molar-refractivity contribution is 5.92. The fraction of sp³-hybridized carbons (Fsp3) is 0.364. The summed E-state index contributed by atoms with van der Waals surface area (Å²) in [5.74, 6) is 2.29. The lowest BCUT2D eigenvalue weighted by atomic mass is 10.1. The molecule has 1 amide bonds. The van der Waals surface area contributed by atoms with E-state index in [0.29, 0.717) is 12.1 Å². The molecule has 4 nitrogen and oxygen atoms in total. The van der Waals surface area contributed by atoms with Crippen LogP contribution in [0.1, 0.15) is 30.3 Å². The molecule has 4 heteroatoms. The fourth-order valence-corrected chi connectivity index (χ4v) is 1.12. The van der Waals surface area contributed by atoms with Gasteiger partial charge in [-0.25, -0.2) is 4.98 Å². The normalized spacial score (nSPS) is 11.5. The minimum Gasteiger partial charge on any atom is -0.347 e. The van der Waals surface area contributed by atoms with Crippen LogP contribution in [0.5, 0.6) is 0 Å². The Kier molecular flexibility index (Phi) is 4.30. The van der Waals surface area contributed by atoms with Crippen molar-refractivity contribution in [1.82, 2.24) is 15.3 Å². The Morgan fingerprint density at radius 1 is 1.67 bits per heavy atom. The van der Waals surface area contributed by atoms with Crippen LogP contribution in [0, 0.1) is 12.3 Å². The van der Waals surface area contributed by atoms with Gasteiger partial charge in [0.1, 0.15) is 5.69 Å². The number of rotatable bonds is 4. The zero-order valence-corrected chi connectivity index (χ0v) is 8.60. The van der Waals surface area contributed by atoms with Gasteiger partial charge in [0.15, 0.2) is 0 Å². The molecule has 0 aliphatic heterocycles. The largest absolute Gasteiger partial charge is 0.347 e. The number of carbonyl (C=O) groups excluding carboxylic acids is 1. The maximum absolute atomic E-state index is 11.6. The van der Waals surface area contributed by atoms with Gasteiger partial charge >= 0.3 is 0 Å². The molecule has 0 aliphatic rings. The van der Waals surface area contributed by atoms with Crippen LogP contribution < -0.4 is 5.32 Å². The minimum atomic E-state index is -0.231. The standard InChI is InChI=1S/C11H13N3O/c1-3-5-9(4-2)14-11(15)10-8-12-6-7-13-10/h1,6-9H,4-5H2,2H3,(H,14,15). The second-order valence-corrected chi connectivity index (χ2v) is 3.08. The number of hydrogen-bond donors (Lipinski definition) is 1. The van der Waals surface area contributed by atoms with Crippen molar-refractivity contribution in [3.05, 3.63) is 24.3 Å². The molecule has 0 radical (unpaired) electrons. The molecule has 0 fully saturated rings. The smallest absolute Gasteiger partial charge is 0.271 e. The first-order chi connectivity index (χ1) is 7.27. The molecular weight excluding hydrogens is 190 g/mol. The SMILES string of the molecule is C#CCC(CC)NC(=O)c1cnccn1. The molecule has 1 heterocycles. The summed E-state index contributed by atoms with van der Waals surface area (Å²) >= 11 is 0. The third-order valence-corrected chi connectivity index (χ3v) is 1.99. The summed E-state index contributed by atoms with van der Waals surface area (Å²) < 4.78 is 0. The van der Waals surface area contributed by atoms with Gasteiger partial charge < -0.3 is 5.32 Å². The Labute approximate surface area is 89.1 Å². The first kappa shape index (κ1) is 11.2. The molecule has 0 aliphatic carbocycles. The van der Waals surface area contributed by atoms with Crippen molar-refractivity contribution in [3.63, 3.8) is 0 Å². The summed E-state index contributed by atoms with van der Waals surface area (Å²) in [6.45, 7) is 1.97. The minimum absolute atomic E-state index is 0.00417. The third-order valence-electron chi connectivity index (χ3n) is 1.99. The maximum Gasteiger partial charge on any atom is 0.271 e. The van der Waals surface area contributed by atoms with E-state index in [1.807, 2.05) is 6.92 Å². The monoisotopic (exact) mass is 203 g/mol. The lowest BCUT2D eigenvalue weighted by Crippen LogP contribution is -2.34. The van der Waals surface area contributed by atoms with Crippen LogP contribution >= 0.6 is 0 Å². The Morgan fingerprint density at radius 3 is 3.00 bits per heavy atom. The van der Waals surface area contributed by atoms with Crippen LogP contribution in [-0.2, 0) is 0 Å². The first-order valence-electron chi connectivity index (χ1n) is 4.78. The van der Waals surface area contributed by atoms with Crippen molar-refractivity contribution in [2.24, 2.45) is 0 Å². The zero-order valence-electron chi connectivity index (χ0n) is 8.60. The lowest BCUT2D eigenvalue weighted by molar-refractivity contribution is 0.0931. The molecule has 0 spiro atoms. The fourth-order valence-electron chi connectivity index (χ4n) is 1.12. The molecule has 78 valence electrons. The van der Waals surface area contributed by atoms with E-state index < -0.39 is 0 Å². The van der Waals surface area contributed by atoms with E-state index in [1.54, 1.807) is 0 Å². The van der Waals surface area contributed by atoms with E-state index >= 15 is 0 Å². The van der Waals surface area contributed by atoms with Crippen molar-refractivity contribution >= 4 is 5.91 Å². The van der Waals surface area contributed by atoms with Crippen LogP contribution in [0.3, 0.4) is 0 Å². The molecule has 0 aromatic carbocycles. The van der Waals surface area contributed by atoms with E-state index in [9.17, 15) is 4.79 Å². The van der Waals surface area contributed by atoms with Gasteiger partial charge in [0.05, 0.1) is 6.20 Å². The first-order valence-corrected chi connectivity index (χ1v) is 4.78. The maximum atomic E-state index is 11.6. The number of nitrogens with one attached hydrogen (secondary N) is 1. The van der Waals surface area contributed by atoms with Crippen LogP contribution in [-0.4, -0.2) is 21.9 Å². The van der Waals surface area contributed by atoms with Gasteiger partial charge in [0, 0.05) is 24.9 Å². The number of nitrogens with zero attached hydrogens (tertiary/aromatic N) is 2. The molecule has 1 aromatic heterocycles. The highest BCUT2D eigenvalue weighted by Crippen LogP contribution is 1.98. The Hall–Kier alpha value is -1.89. The lowest BCUT2D eigenvalue weighted by Gasteiger charge is -2.13. The summed E-state index contributed by atoms with van der Waals surface area (Å²) in [5.41, 5.74) is 0.313. The average molecular weight is 203 g/mol. The molecule has 1 rings (SSSR count). The summed E-state index contributed by atoms with van der Waals surface area (Å²) in [4.78, 5) is 19.3.